The largest absolute Gasteiger partial charge is 0.477 e. The average molecular weight is 447 g/mol. The minimum Gasteiger partial charge on any atom is -0.477 e. The number of aliphatic carboxylic acids is 1. The molecule has 12 heteroatoms. The van der Waals surface area contributed by atoms with Crippen LogP contribution in [0.2, 0.25) is 0 Å². The molecule has 1 fully saturated rings. The molecule has 3 atom stereocenters. The SMILES string of the molecule is CC(C)O/N=C(\C(=O)NC1C(=O)N2C(C(=O)O)=CC(C)S[C@H]12)c1cccc(NC=O)n1. The molecule has 11 nitrogen and oxygen atoms in total. The molecule has 1 aromatic rings. The molecule has 0 saturated carbocycles. The van der Waals surface area contributed by atoms with Crippen LogP contribution in [-0.2, 0) is 24.0 Å². The number of β-lactam (4-membered cyclic amide) rings is 1. The van der Waals surface area contributed by atoms with Crippen LogP contribution in [0.15, 0.2) is 35.1 Å². The van der Waals surface area contributed by atoms with Gasteiger partial charge < -0.3 is 20.6 Å². The number of thioether (sulfide) groups is 1. The zero-order valence-electron chi connectivity index (χ0n) is 16.9. The van der Waals surface area contributed by atoms with Gasteiger partial charge in [0.2, 0.25) is 6.41 Å². The van der Waals surface area contributed by atoms with Crippen molar-refractivity contribution in [2.75, 3.05) is 5.32 Å². The van der Waals surface area contributed by atoms with E-state index < -0.39 is 29.2 Å². The number of oxime groups is 1. The maximum atomic E-state index is 13.0. The van der Waals surface area contributed by atoms with Gasteiger partial charge in [-0.3, -0.25) is 19.3 Å². The van der Waals surface area contributed by atoms with Crippen LogP contribution in [0.25, 0.3) is 0 Å². The van der Waals surface area contributed by atoms with Gasteiger partial charge in [0.1, 0.15) is 34.7 Å². The first-order valence-electron chi connectivity index (χ1n) is 9.39. The lowest BCUT2D eigenvalue weighted by Gasteiger charge is -2.49. The number of carboxylic acids is 1. The van der Waals surface area contributed by atoms with Crippen LogP contribution >= 0.6 is 11.8 Å². The molecule has 31 heavy (non-hydrogen) atoms. The molecule has 0 aromatic carbocycles. The summed E-state index contributed by atoms with van der Waals surface area (Å²) in [6.45, 7) is 5.26. The molecule has 0 radical (unpaired) electrons. The molecule has 0 aliphatic carbocycles. The van der Waals surface area contributed by atoms with Crippen molar-refractivity contribution in [1.29, 1.82) is 0 Å². The lowest BCUT2D eigenvalue weighted by atomic mass is 10.0. The van der Waals surface area contributed by atoms with Crippen molar-refractivity contribution in [2.45, 2.75) is 43.5 Å². The van der Waals surface area contributed by atoms with Gasteiger partial charge in [0.15, 0.2) is 5.71 Å². The van der Waals surface area contributed by atoms with Crippen LogP contribution < -0.4 is 10.6 Å². The summed E-state index contributed by atoms with van der Waals surface area (Å²) in [7, 11) is 0. The molecule has 164 valence electrons. The van der Waals surface area contributed by atoms with Gasteiger partial charge >= 0.3 is 5.97 Å². The Morgan fingerprint density at radius 2 is 2.13 bits per heavy atom. The molecular formula is C19H21N5O6S. The van der Waals surface area contributed by atoms with E-state index in [1.54, 1.807) is 19.9 Å². The van der Waals surface area contributed by atoms with Gasteiger partial charge in [0.25, 0.3) is 11.8 Å². The standard InChI is InChI=1S/C19H21N5O6S/c1-9(2)30-23-14(11-5-4-6-13(21-11)20-8-25)16(26)22-15-17(27)24-12(19(28)29)7-10(3)31-18(15)24/h4-10,15,18H,1-3H3,(H,22,26)(H,28,29)(H,20,21,25)/b23-14-/t10?,15?,18-/m1/s1. The van der Waals surface area contributed by atoms with E-state index in [1.165, 1.54) is 30.0 Å². The quantitative estimate of drug-likeness (QED) is 0.226. The molecule has 2 aliphatic heterocycles. The third-order valence-electron chi connectivity index (χ3n) is 4.32. The minimum absolute atomic E-state index is 0.0990. The Morgan fingerprint density at radius 3 is 2.77 bits per heavy atom. The maximum Gasteiger partial charge on any atom is 0.352 e. The molecule has 3 rings (SSSR count). The summed E-state index contributed by atoms with van der Waals surface area (Å²) in [5, 5.41) is 17.5. The van der Waals surface area contributed by atoms with Crippen LogP contribution in [0.1, 0.15) is 26.5 Å². The number of pyridine rings is 1. The Kier molecular flexibility index (Phi) is 6.59. The number of anilines is 1. The molecule has 3 heterocycles. The number of amides is 3. The van der Waals surface area contributed by atoms with Crippen LogP contribution in [0.3, 0.4) is 0 Å². The number of carbonyl (C=O) groups is 4. The van der Waals surface area contributed by atoms with Crippen molar-refractivity contribution < 1.29 is 29.1 Å². The molecular weight excluding hydrogens is 426 g/mol. The number of carbonyl (C=O) groups excluding carboxylic acids is 3. The topological polar surface area (TPSA) is 150 Å². The number of fused-ring (bicyclic) bond motifs is 1. The van der Waals surface area contributed by atoms with Crippen LogP contribution in [-0.4, -0.2) is 67.7 Å². The summed E-state index contributed by atoms with van der Waals surface area (Å²) < 4.78 is 0. The number of nitrogens with one attached hydrogen (secondary N) is 2. The van der Waals surface area contributed by atoms with E-state index in [1.807, 2.05) is 6.92 Å². The Bertz CT molecular complexity index is 978. The van der Waals surface area contributed by atoms with E-state index in [-0.39, 0.29) is 34.3 Å². The summed E-state index contributed by atoms with van der Waals surface area (Å²) in [4.78, 5) is 58.2. The number of hydrogen-bond donors (Lipinski definition) is 3. The number of nitrogens with zero attached hydrogens (tertiary/aromatic N) is 3. The first-order valence-corrected chi connectivity index (χ1v) is 10.3. The number of hydrogen-bond acceptors (Lipinski definition) is 8. The highest BCUT2D eigenvalue weighted by Gasteiger charge is 2.54. The fourth-order valence-electron chi connectivity index (χ4n) is 3.01. The lowest BCUT2D eigenvalue weighted by molar-refractivity contribution is -0.150. The third-order valence-corrected chi connectivity index (χ3v) is 5.65. The summed E-state index contributed by atoms with van der Waals surface area (Å²) in [5.41, 5.74) is -0.153. The van der Waals surface area contributed by atoms with Gasteiger partial charge in [0, 0.05) is 5.25 Å². The van der Waals surface area contributed by atoms with Gasteiger partial charge in [0.05, 0.1) is 0 Å². The van der Waals surface area contributed by atoms with E-state index in [0.29, 0.717) is 6.41 Å². The lowest BCUT2D eigenvalue weighted by Crippen LogP contribution is -2.71. The van der Waals surface area contributed by atoms with E-state index in [2.05, 4.69) is 20.8 Å². The van der Waals surface area contributed by atoms with Crippen molar-refractivity contribution in [2.24, 2.45) is 5.16 Å². The zero-order valence-corrected chi connectivity index (χ0v) is 17.8. The van der Waals surface area contributed by atoms with Gasteiger partial charge in [-0.05, 0) is 39.0 Å². The maximum absolute atomic E-state index is 13.0. The first kappa shape index (κ1) is 22.3. The summed E-state index contributed by atoms with van der Waals surface area (Å²) in [5.74, 6) is -2.24. The second-order valence-electron chi connectivity index (χ2n) is 7.01. The van der Waals surface area contributed by atoms with Gasteiger partial charge in [-0.1, -0.05) is 11.2 Å². The van der Waals surface area contributed by atoms with Crippen LogP contribution in [0.4, 0.5) is 5.82 Å². The molecule has 1 saturated heterocycles. The third kappa shape index (κ3) is 4.68. The Morgan fingerprint density at radius 1 is 1.39 bits per heavy atom. The van der Waals surface area contributed by atoms with Gasteiger partial charge in [-0.15, -0.1) is 11.8 Å². The Labute approximate surface area is 181 Å². The van der Waals surface area contributed by atoms with E-state index in [4.69, 9.17) is 4.84 Å². The van der Waals surface area contributed by atoms with Gasteiger partial charge in [-0.25, -0.2) is 9.78 Å². The van der Waals surface area contributed by atoms with E-state index >= 15 is 0 Å². The average Bonchev–Trinajstić information content (AvgIpc) is 2.71. The highest BCUT2D eigenvalue weighted by atomic mass is 32.2. The van der Waals surface area contributed by atoms with Crippen LogP contribution in [0.5, 0.6) is 0 Å². The monoisotopic (exact) mass is 447 g/mol. The second kappa shape index (κ2) is 9.16. The molecule has 3 N–H and O–H groups in total. The van der Waals surface area contributed by atoms with Crippen molar-refractivity contribution >= 4 is 47.5 Å². The van der Waals surface area contributed by atoms with Crippen molar-refractivity contribution in [3.8, 4) is 0 Å². The molecule has 2 unspecified atom stereocenters. The smallest absolute Gasteiger partial charge is 0.352 e. The normalized spacial score (nSPS) is 22.8. The van der Waals surface area contributed by atoms with Crippen LogP contribution in [0, 0.1) is 0 Å². The molecule has 0 bridgehead atoms. The fourth-order valence-corrected chi connectivity index (χ4v) is 4.34. The Hall–Kier alpha value is -3.41. The zero-order chi connectivity index (χ0) is 22.7. The molecule has 3 amide bonds. The molecule has 2 aliphatic rings. The summed E-state index contributed by atoms with van der Waals surface area (Å²) in [6.07, 6.45) is 1.63. The van der Waals surface area contributed by atoms with Crippen molar-refractivity contribution in [3.05, 3.63) is 35.7 Å². The van der Waals surface area contributed by atoms with E-state index in [0.717, 1.165) is 4.90 Å². The second-order valence-corrected chi connectivity index (χ2v) is 8.51. The predicted octanol–water partition coefficient (Wildman–Crippen LogP) is 0.536. The summed E-state index contributed by atoms with van der Waals surface area (Å²) >= 11 is 1.36. The highest BCUT2D eigenvalue weighted by molar-refractivity contribution is 8.00. The number of aromatic nitrogens is 1. The van der Waals surface area contributed by atoms with E-state index in [9.17, 15) is 24.3 Å². The number of carboxylic acid groups (broad SMARTS) is 1. The van der Waals surface area contributed by atoms with Crippen molar-refractivity contribution in [3.63, 3.8) is 0 Å². The van der Waals surface area contributed by atoms with Crippen molar-refractivity contribution in [1.82, 2.24) is 15.2 Å². The molecule has 1 aromatic heterocycles. The highest BCUT2D eigenvalue weighted by Crippen LogP contribution is 2.40. The Balaban J connectivity index is 1.83. The fraction of sp³-hybridized carbons (Fsp3) is 0.368. The first-order chi connectivity index (χ1) is 14.7. The number of rotatable bonds is 8. The minimum atomic E-state index is -1.20. The predicted molar refractivity (Wildman–Crippen MR) is 112 cm³/mol. The molecule has 0 spiro atoms. The van der Waals surface area contributed by atoms with Gasteiger partial charge in [-0.2, -0.15) is 0 Å². The summed E-state index contributed by atoms with van der Waals surface area (Å²) in [6, 6.07) is 3.69.